The highest BCUT2D eigenvalue weighted by Gasteiger charge is 2.17. The highest BCUT2D eigenvalue weighted by Crippen LogP contribution is 2.02. The van der Waals surface area contributed by atoms with Gasteiger partial charge in [0, 0.05) is 0 Å². The van der Waals surface area contributed by atoms with Gasteiger partial charge < -0.3 is 24.8 Å². The summed E-state index contributed by atoms with van der Waals surface area (Å²) in [6.07, 6.45) is -1.15. The molecule has 0 saturated carbocycles. The van der Waals surface area contributed by atoms with E-state index in [4.69, 9.17) is 10.2 Å². The van der Waals surface area contributed by atoms with E-state index in [0.29, 0.717) is 0 Å². The van der Waals surface area contributed by atoms with E-state index < -0.39 is 28.9 Å². The van der Waals surface area contributed by atoms with Crippen molar-refractivity contribution < 1.29 is 34.4 Å². The Labute approximate surface area is 102 Å². The maximum absolute atomic E-state index is 10.3. The van der Waals surface area contributed by atoms with Crippen LogP contribution in [0.25, 0.3) is 0 Å². The van der Waals surface area contributed by atoms with Crippen molar-refractivity contribution in [1.82, 2.24) is 0 Å². The minimum absolute atomic E-state index is 0.333. The number of carboxylic acid groups (broad SMARTS) is 2. The minimum atomic E-state index is -1.35. The summed E-state index contributed by atoms with van der Waals surface area (Å²) in [4.78, 5) is 20.5. The molecule has 0 heterocycles. The number of rotatable bonds is 8. The number of aliphatic hydroxyl groups is 1. The SMILES string of the molecule is O=C(O)C(S)OCC(O)COC(S)C(=O)O. The fraction of sp³-hybridized carbons (Fsp3) is 0.714. The molecule has 0 aliphatic carbocycles. The predicted molar refractivity (Wildman–Crippen MR) is 58.7 cm³/mol. The Bertz CT molecular complexity index is 223. The van der Waals surface area contributed by atoms with Gasteiger partial charge in [-0.25, -0.2) is 9.59 Å². The molecule has 16 heavy (non-hydrogen) atoms. The van der Waals surface area contributed by atoms with E-state index in [9.17, 15) is 14.7 Å². The highest BCUT2D eigenvalue weighted by molar-refractivity contribution is 7.81. The lowest BCUT2D eigenvalue weighted by Crippen LogP contribution is -2.29. The van der Waals surface area contributed by atoms with Crippen LogP contribution in [-0.4, -0.2) is 57.4 Å². The van der Waals surface area contributed by atoms with Crippen LogP contribution in [0.4, 0.5) is 0 Å². The van der Waals surface area contributed by atoms with Crippen LogP contribution in [0.2, 0.25) is 0 Å². The molecule has 0 aliphatic heterocycles. The zero-order valence-corrected chi connectivity index (χ0v) is 9.80. The first kappa shape index (κ1) is 15.5. The fourth-order valence-corrected chi connectivity index (χ4v) is 0.767. The first-order valence-corrected chi connectivity index (χ1v) is 5.11. The van der Waals surface area contributed by atoms with Crippen LogP contribution in [0.1, 0.15) is 0 Å². The molecule has 2 unspecified atom stereocenters. The molecule has 0 aromatic heterocycles. The Morgan fingerprint density at radius 2 is 1.31 bits per heavy atom. The fourth-order valence-electron chi connectivity index (χ4n) is 0.595. The van der Waals surface area contributed by atoms with Crippen LogP contribution >= 0.6 is 25.3 Å². The molecule has 0 aliphatic rings. The van der Waals surface area contributed by atoms with Crippen molar-refractivity contribution in [1.29, 1.82) is 0 Å². The molecule has 0 aromatic rings. The monoisotopic (exact) mass is 272 g/mol. The summed E-state index contributed by atoms with van der Waals surface area (Å²) in [6.45, 7) is -0.666. The van der Waals surface area contributed by atoms with Crippen LogP contribution in [0, 0.1) is 0 Å². The predicted octanol–water partition coefficient (Wildman–Crippen LogP) is -0.939. The van der Waals surface area contributed by atoms with E-state index in [1.54, 1.807) is 0 Å². The summed E-state index contributed by atoms with van der Waals surface area (Å²) < 4.78 is 9.24. The van der Waals surface area contributed by atoms with Crippen LogP contribution in [-0.2, 0) is 19.1 Å². The van der Waals surface area contributed by atoms with Gasteiger partial charge in [0.1, 0.15) is 6.10 Å². The number of thiol groups is 2. The molecule has 94 valence electrons. The molecule has 0 spiro atoms. The normalized spacial score (nSPS) is 16.4. The third kappa shape index (κ3) is 6.90. The number of carbonyl (C=O) groups is 2. The van der Waals surface area contributed by atoms with E-state index in [1.807, 2.05) is 0 Å². The van der Waals surface area contributed by atoms with Gasteiger partial charge in [0.2, 0.25) is 0 Å². The zero-order chi connectivity index (χ0) is 12.7. The number of hydrogen-bond acceptors (Lipinski definition) is 7. The van der Waals surface area contributed by atoms with Crippen molar-refractivity contribution in [2.45, 2.75) is 17.0 Å². The van der Waals surface area contributed by atoms with Gasteiger partial charge >= 0.3 is 11.9 Å². The Morgan fingerprint density at radius 1 is 1.00 bits per heavy atom. The maximum Gasteiger partial charge on any atom is 0.343 e. The third-order valence-corrected chi connectivity index (χ3v) is 2.06. The zero-order valence-electron chi connectivity index (χ0n) is 8.02. The van der Waals surface area contributed by atoms with Gasteiger partial charge in [-0.05, 0) is 0 Å². The van der Waals surface area contributed by atoms with Crippen molar-refractivity contribution in [3.05, 3.63) is 0 Å². The van der Waals surface area contributed by atoms with E-state index in [-0.39, 0.29) is 13.2 Å². The van der Waals surface area contributed by atoms with Crippen LogP contribution < -0.4 is 0 Å². The number of aliphatic hydroxyl groups excluding tert-OH is 1. The second kappa shape index (κ2) is 7.74. The van der Waals surface area contributed by atoms with Gasteiger partial charge in [-0.1, -0.05) is 0 Å². The number of aliphatic carboxylic acids is 2. The smallest absolute Gasteiger partial charge is 0.343 e. The van der Waals surface area contributed by atoms with Crippen molar-refractivity contribution in [3.63, 3.8) is 0 Å². The number of ether oxygens (including phenoxy) is 2. The van der Waals surface area contributed by atoms with E-state index in [2.05, 4.69) is 34.7 Å². The van der Waals surface area contributed by atoms with Gasteiger partial charge in [0.05, 0.1) is 13.2 Å². The standard InChI is InChI=1S/C7H12O7S2/c8-3(1-13-6(15)4(9)10)2-14-7(16)5(11)12/h3,6-8,15-16H,1-2H2,(H,9,10)(H,11,12). The lowest BCUT2D eigenvalue weighted by molar-refractivity contribution is -0.148. The van der Waals surface area contributed by atoms with E-state index in [1.165, 1.54) is 0 Å². The van der Waals surface area contributed by atoms with E-state index >= 15 is 0 Å². The second-order valence-electron chi connectivity index (χ2n) is 2.70. The second-order valence-corrected chi connectivity index (χ2v) is 3.64. The van der Waals surface area contributed by atoms with Gasteiger partial charge in [-0.15, -0.1) is 25.3 Å². The molecule has 2 atom stereocenters. The Kier molecular flexibility index (Phi) is 7.51. The van der Waals surface area contributed by atoms with Crippen molar-refractivity contribution in [2.24, 2.45) is 0 Å². The largest absolute Gasteiger partial charge is 0.479 e. The Balaban J connectivity index is 3.70. The van der Waals surface area contributed by atoms with Crippen LogP contribution in [0.15, 0.2) is 0 Å². The minimum Gasteiger partial charge on any atom is -0.479 e. The molecule has 0 aromatic carbocycles. The molecule has 0 amide bonds. The lowest BCUT2D eigenvalue weighted by atomic mass is 10.4. The average Bonchev–Trinajstić information content (AvgIpc) is 2.21. The van der Waals surface area contributed by atoms with Crippen molar-refractivity contribution in [2.75, 3.05) is 13.2 Å². The summed E-state index contributed by atoms with van der Waals surface area (Å²) >= 11 is 7.12. The molecule has 0 bridgehead atoms. The third-order valence-electron chi connectivity index (χ3n) is 1.32. The van der Waals surface area contributed by atoms with Crippen LogP contribution in [0.5, 0.6) is 0 Å². The van der Waals surface area contributed by atoms with Gasteiger partial charge in [0.25, 0.3) is 0 Å². The molecule has 0 rings (SSSR count). The van der Waals surface area contributed by atoms with Crippen LogP contribution in [0.3, 0.4) is 0 Å². The molecular formula is C7H12O7S2. The Hall–Kier alpha value is -0.480. The maximum atomic E-state index is 10.3. The van der Waals surface area contributed by atoms with E-state index in [0.717, 1.165) is 0 Å². The number of carboxylic acids is 2. The van der Waals surface area contributed by atoms with Gasteiger partial charge in [0.15, 0.2) is 10.9 Å². The molecule has 0 saturated heterocycles. The topological polar surface area (TPSA) is 113 Å². The van der Waals surface area contributed by atoms with Crippen molar-refractivity contribution in [3.8, 4) is 0 Å². The quantitative estimate of drug-likeness (QED) is 0.286. The Morgan fingerprint density at radius 3 is 1.56 bits per heavy atom. The first-order valence-electron chi connectivity index (χ1n) is 4.07. The van der Waals surface area contributed by atoms with Gasteiger partial charge in [-0.2, -0.15) is 0 Å². The lowest BCUT2D eigenvalue weighted by Gasteiger charge is -2.14. The van der Waals surface area contributed by atoms with Gasteiger partial charge in [-0.3, -0.25) is 0 Å². The average molecular weight is 272 g/mol. The number of hydrogen-bond donors (Lipinski definition) is 5. The first-order chi connectivity index (χ1) is 7.34. The molecule has 0 radical (unpaired) electrons. The summed E-state index contributed by atoms with van der Waals surface area (Å²) in [5.74, 6) is -2.57. The molecule has 0 fully saturated rings. The summed E-state index contributed by atoms with van der Waals surface area (Å²) in [5, 5.41) is 26.0. The molecule has 9 heteroatoms. The molecule has 7 nitrogen and oxygen atoms in total. The molecular weight excluding hydrogens is 260 g/mol. The summed E-state index contributed by atoms with van der Waals surface area (Å²) in [7, 11) is 0. The van der Waals surface area contributed by atoms with Crippen molar-refractivity contribution >= 4 is 37.2 Å². The highest BCUT2D eigenvalue weighted by atomic mass is 32.1. The summed E-state index contributed by atoms with van der Waals surface area (Å²) in [6, 6.07) is 0. The molecule has 3 N–H and O–H groups in total. The summed E-state index contributed by atoms with van der Waals surface area (Å²) in [5.41, 5.74) is -2.69.